The molecule has 15 heteroatoms. The Bertz CT molecular complexity index is 1800. The van der Waals surface area contributed by atoms with Crippen molar-refractivity contribution in [3.05, 3.63) is 77.0 Å². The Morgan fingerprint density at radius 3 is 2.15 bits per heavy atom. The Morgan fingerprint density at radius 2 is 1.62 bits per heavy atom. The summed E-state index contributed by atoms with van der Waals surface area (Å²) in [5.74, 6) is 0.0859. The molecule has 4 N–H and O–H groups in total. The first-order valence-electron chi connectivity index (χ1n) is 17.1. The van der Waals surface area contributed by atoms with Gasteiger partial charge in [-0.2, -0.15) is 4.72 Å². The number of aromatic nitrogens is 1. The molecule has 0 spiro atoms. The Hall–Kier alpha value is -5.02. The number of nitrogens with zero attached hydrogens (tertiary/aromatic N) is 2. The van der Waals surface area contributed by atoms with Gasteiger partial charge >= 0.3 is 12.1 Å². The fraction of sp³-hybridized carbons (Fsp3) is 0.447. The van der Waals surface area contributed by atoms with Gasteiger partial charge in [0.25, 0.3) is 0 Å². The predicted molar refractivity (Wildman–Crippen MR) is 204 cm³/mol. The van der Waals surface area contributed by atoms with E-state index in [1.54, 1.807) is 56.4 Å². The maximum atomic E-state index is 12.6. The molecule has 1 atom stereocenters. The van der Waals surface area contributed by atoms with Gasteiger partial charge in [0.05, 0.1) is 18.6 Å². The number of esters is 1. The molecule has 53 heavy (non-hydrogen) atoms. The minimum Gasteiger partial charge on any atom is -0.494 e. The number of ketones is 1. The quantitative estimate of drug-likeness (QED) is 0.121. The first-order valence-corrected chi connectivity index (χ1v) is 18.6. The lowest BCUT2D eigenvalue weighted by Gasteiger charge is -2.27. The summed E-state index contributed by atoms with van der Waals surface area (Å²) in [5, 5.41) is 3.32. The minimum absolute atomic E-state index is 0.100. The summed E-state index contributed by atoms with van der Waals surface area (Å²) in [6.07, 6.45) is 2.96. The number of Topliss-reactive ketones (excluding diaryl/α,β-unsaturated/α-hetero) is 1. The number of aryl methyl sites for hydroxylation is 3. The SMILES string of the molecule is COC(=O)C(C)NS(=O)(=O)c1c(C)cc(OCCCC(C)=O)cc1C.Cc1cc(C(N)=O)ccc1NCCCN(C(=O)OC(C)(C)C)c1ccccn1. The van der Waals surface area contributed by atoms with E-state index in [9.17, 15) is 27.6 Å². The summed E-state index contributed by atoms with van der Waals surface area (Å²) in [5.41, 5.74) is 8.07. The number of anilines is 2. The van der Waals surface area contributed by atoms with Gasteiger partial charge in [-0.25, -0.2) is 18.2 Å². The summed E-state index contributed by atoms with van der Waals surface area (Å²) >= 11 is 0. The number of methoxy groups -OCH3 is 1. The number of sulfonamides is 1. The summed E-state index contributed by atoms with van der Waals surface area (Å²) < 4.78 is 43.0. The summed E-state index contributed by atoms with van der Waals surface area (Å²) in [6, 6.07) is 13.0. The number of pyridine rings is 1. The number of benzene rings is 2. The van der Waals surface area contributed by atoms with Crippen LogP contribution in [0.15, 0.2) is 59.6 Å². The highest BCUT2D eigenvalue weighted by atomic mass is 32.2. The van der Waals surface area contributed by atoms with Gasteiger partial charge in [0.15, 0.2) is 0 Å². The number of carbonyl (C=O) groups is 4. The number of nitrogens with one attached hydrogen (secondary N) is 2. The van der Waals surface area contributed by atoms with Gasteiger partial charge in [-0.15, -0.1) is 0 Å². The molecule has 0 aliphatic rings. The van der Waals surface area contributed by atoms with Crippen LogP contribution in [-0.2, 0) is 29.1 Å². The van der Waals surface area contributed by atoms with E-state index in [1.165, 1.54) is 25.9 Å². The Balaban J connectivity index is 0.000000370. The largest absolute Gasteiger partial charge is 0.494 e. The van der Waals surface area contributed by atoms with E-state index in [1.807, 2.05) is 39.8 Å². The third-order valence-corrected chi connectivity index (χ3v) is 9.30. The van der Waals surface area contributed by atoms with Crippen molar-refractivity contribution in [1.29, 1.82) is 0 Å². The highest BCUT2D eigenvalue weighted by Crippen LogP contribution is 2.26. The van der Waals surface area contributed by atoms with E-state index in [2.05, 4.69) is 19.8 Å². The number of nitrogens with two attached hydrogens (primary N) is 1. The van der Waals surface area contributed by atoms with Crippen molar-refractivity contribution < 1.29 is 41.8 Å². The van der Waals surface area contributed by atoms with Crippen molar-refractivity contribution in [1.82, 2.24) is 9.71 Å². The van der Waals surface area contributed by atoms with Crippen LogP contribution < -0.4 is 25.4 Å². The van der Waals surface area contributed by atoms with Gasteiger partial charge in [-0.1, -0.05) is 6.07 Å². The highest BCUT2D eigenvalue weighted by molar-refractivity contribution is 7.89. The van der Waals surface area contributed by atoms with Crippen molar-refractivity contribution in [3.8, 4) is 5.75 Å². The van der Waals surface area contributed by atoms with Crippen molar-refractivity contribution in [2.75, 3.05) is 37.0 Å². The van der Waals surface area contributed by atoms with Crippen LogP contribution in [0.25, 0.3) is 0 Å². The normalized spacial score (nSPS) is 11.7. The molecule has 1 heterocycles. The van der Waals surface area contributed by atoms with E-state index in [0.29, 0.717) is 67.2 Å². The molecule has 3 rings (SSSR count). The zero-order valence-corrected chi connectivity index (χ0v) is 32.9. The lowest BCUT2D eigenvalue weighted by Crippen LogP contribution is -2.39. The number of rotatable bonds is 16. The van der Waals surface area contributed by atoms with E-state index >= 15 is 0 Å². The van der Waals surface area contributed by atoms with Gasteiger partial charge in [0.2, 0.25) is 15.9 Å². The first-order chi connectivity index (χ1) is 24.7. The molecular formula is C38H53N5O9S. The van der Waals surface area contributed by atoms with Crippen molar-refractivity contribution >= 4 is 45.3 Å². The molecule has 0 fully saturated rings. The van der Waals surface area contributed by atoms with Crippen molar-refractivity contribution in [2.24, 2.45) is 5.73 Å². The molecule has 0 radical (unpaired) electrons. The molecule has 0 bridgehead atoms. The van der Waals surface area contributed by atoms with E-state index < -0.39 is 39.6 Å². The van der Waals surface area contributed by atoms with Gasteiger partial charge < -0.3 is 30.1 Å². The molecule has 0 saturated heterocycles. The number of hydrogen-bond acceptors (Lipinski definition) is 11. The molecule has 1 aromatic heterocycles. The zero-order valence-electron chi connectivity index (χ0n) is 32.1. The summed E-state index contributed by atoms with van der Waals surface area (Å²) in [4.78, 5) is 52.1. The average Bonchev–Trinajstić information content (AvgIpc) is 3.05. The summed E-state index contributed by atoms with van der Waals surface area (Å²) in [7, 11) is -2.68. The molecular weight excluding hydrogens is 703 g/mol. The van der Waals surface area contributed by atoms with Gasteiger partial charge in [-0.05, 0) is 127 Å². The smallest absolute Gasteiger partial charge is 0.416 e. The number of ether oxygens (including phenoxy) is 3. The monoisotopic (exact) mass is 755 g/mol. The second-order valence-electron chi connectivity index (χ2n) is 13.4. The number of hydrogen-bond donors (Lipinski definition) is 3. The number of amides is 2. The number of carbonyl (C=O) groups excluding carboxylic acids is 4. The second-order valence-corrected chi connectivity index (χ2v) is 15.1. The molecule has 0 saturated carbocycles. The fourth-order valence-electron chi connectivity index (χ4n) is 5.05. The minimum atomic E-state index is -3.88. The van der Waals surface area contributed by atoms with Crippen LogP contribution in [-0.4, -0.2) is 75.6 Å². The van der Waals surface area contributed by atoms with Gasteiger partial charge in [0, 0.05) is 37.0 Å². The maximum Gasteiger partial charge on any atom is 0.416 e. The zero-order chi connectivity index (χ0) is 39.9. The van der Waals surface area contributed by atoms with E-state index in [4.69, 9.17) is 15.2 Å². The molecule has 290 valence electrons. The van der Waals surface area contributed by atoms with Crippen LogP contribution >= 0.6 is 0 Å². The highest BCUT2D eigenvalue weighted by Gasteiger charge is 2.26. The summed E-state index contributed by atoms with van der Waals surface area (Å²) in [6.45, 7) is 15.2. The van der Waals surface area contributed by atoms with Crippen LogP contribution in [0, 0.1) is 20.8 Å². The lowest BCUT2D eigenvalue weighted by atomic mass is 10.1. The second kappa shape index (κ2) is 20.3. The first kappa shape index (κ1) is 44.1. The third-order valence-electron chi connectivity index (χ3n) is 7.46. The topological polar surface area (TPSA) is 196 Å². The third kappa shape index (κ3) is 14.9. The van der Waals surface area contributed by atoms with Gasteiger partial charge in [0.1, 0.15) is 29.0 Å². The van der Waals surface area contributed by atoms with Crippen molar-refractivity contribution in [3.63, 3.8) is 0 Å². The maximum absolute atomic E-state index is 12.6. The van der Waals surface area contributed by atoms with Crippen LogP contribution in [0.2, 0.25) is 0 Å². The Morgan fingerprint density at radius 1 is 0.962 bits per heavy atom. The van der Waals surface area contributed by atoms with Gasteiger partial charge in [-0.3, -0.25) is 14.5 Å². The average molecular weight is 756 g/mol. The molecule has 0 aliphatic heterocycles. The number of primary amides is 1. The molecule has 2 amide bonds. The Kier molecular flexibility index (Phi) is 16.9. The van der Waals surface area contributed by atoms with E-state index in [-0.39, 0.29) is 10.7 Å². The van der Waals surface area contributed by atoms with Crippen LogP contribution in [0.4, 0.5) is 16.3 Å². The van der Waals surface area contributed by atoms with E-state index in [0.717, 1.165) is 11.3 Å². The predicted octanol–water partition coefficient (Wildman–Crippen LogP) is 5.62. The Labute approximate surface area is 312 Å². The van der Waals surface area contributed by atoms with Crippen LogP contribution in [0.1, 0.15) is 80.9 Å². The molecule has 1 unspecified atom stereocenters. The molecule has 3 aromatic rings. The van der Waals surface area contributed by atoms with Crippen LogP contribution in [0.3, 0.4) is 0 Å². The fourth-order valence-corrected chi connectivity index (χ4v) is 6.70. The molecule has 2 aromatic carbocycles. The molecule has 14 nitrogen and oxygen atoms in total. The molecule has 0 aliphatic carbocycles. The standard InChI is InChI=1S/C21H28N4O3.C17H25NO6S/c1-15-14-16(19(22)26)9-10-17(15)23-12-7-13-25(18-8-5-6-11-24-18)20(27)28-21(2,3)4;1-11-9-15(24-8-6-7-13(3)19)10-12(2)16(11)25(21,22)18-14(4)17(20)23-5/h5-6,8-11,14,23H,7,12-13H2,1-4H3,(H2,22,26);9-10,14,18H,6-8H2,1-5H3. The lowest BCUT2D eigenvalue weighted by molar-refractivity contribution is -0.142. The van der Waals surface area contributed by atoms with Crippen molar-refractivity contribution in [2.45, 2.75) is 91.2 Å². The van der Waals surface area contributed by atoms with Crippen LogP contribution in [0.5, 0.6) is 5.75 Å².